The van der Waals surface area contributed by atoms with E-state index >= 15 is 0 Å². The van der Waals surface area contributed by atoms with E-state index in [0.29, 0.717) is 3.57 Å². The molecule has 0 unspecified atom stereocenters. The van der Waals surface area contributed by atoms with Crippen molar-refractivity contribution in [1.82, 2.24) is 0 Å². The van der Waals surface area contributed by atoms with Crippen molar-refractivity contribution in [1.29, 1.82) is 0 Å². The van der Waals surface area contributed by atoms with Gasteiger partial charge in [-0.3, -0.25) is 0 Å². The third-order valence-electron chi connectivity index (χ3n) is 1.49. The van der Waals surface area contributed by atoms with Gasteiger partial charge in [0.15, 0.2) is 0 Å². The maximum Gasteiger partial charge on any atom is 0.140 e. The summed E-state index contributed by atoms with van der Waals surface area (Å²) in [5, 5.41) is 0. The van der Waals surface area contributed by atoms with Gasteiger partial charge in [-0.15, -0.1) is 0 Å². The van der Waals surface area contributed by atoms with Crippen molar-refractivity contribution in [3.63, 3.8) is 0 Å². The van der Waals surface area contributed by atoms with Gasteiger partial charge in [-0.2, -0.15) is 0 Å². The molecule has 0 bridgehead atoms. The van der Waals surface area contributed by atoms with Crippen molar-refractivity contribution < 1.29 is 4.39 Å². The topological polar surface area (TPSA) is 0 Å². The van der Waals surface area contributed by atoms with E-state index < -0.39 is 0 Å². The van der Waals surface area contributed by atoms with Gasteiger partial charge in [-0.05, 0) is 41.1 Å². The predicted octanol–water partition coefficient (Wildman–Crippen LogP) is 3.76. The molecule has 0 aromatic heterocycles. The Morgan fingerprint density at radius 2 is 2.18 bits per heavy atom. The molecule has 60 valence electrons. The van der Waals surface area contributed by atoms with Crippen molar-refractivity contribution in [3.05, 3.63) is 31.6 Å². The van der Waals surface area contributed by atoms with E-state index in [0.717, 1.165) is 16.5 Å². The van der Waals surface area contributed by atoms with Crippen LogP contribution in [0.2, 0.25) is 0 Å². The summed E-state index contributed by atoms with van der Waals surface area (Å²) >= 11 is 5.29. The molecule has 0 radical (unpaired) electrons. The van der Waals surface area contributed by atoms with Gasteiger partial charge in [-0.1, -0.05) is 22.9 Å². The van der Waals surface area contributed by atoms with E-state index in [4.69, 9.17) is 0 Å². The molecule has 0 spiro atoms. The van der Waals surface area contributed by atoms with Crippen molar-refractivity contribution in [2.75, 3.05) is 0 Å². The SMILES string of the molecule is CCc1c(Br)ccc(I)c1F. The average Bonchev–Trinajstić information content (AvgIpc) is 1.99. The number of hydrogen-bond acceptors (Lipinski definition) is 0. The second-order valence-electron chi connectivity index (χ2n) is 2.18. The largest absolute Gasteiger partial charge is 0.205 e. The molecule has 1 aromatic carbocycles. The fourth-order valence-electron chi connectivity index (χ4n) is 0.893. The Balaban J connectivity index is 3.29. The lowest BCUT2D eigenvalue weighted by Gasteiger charge is -2.03. The molecular formula is C8H7BrFI. The van der Waals surface area contributed by atoms with Crippen LogP contribution >= 0.6 is 38.5 Å². The first-order valence-corrected chi connectivity index (χ1v) is 5.16. The van der Waals surface area contributed by atoms with E-state index in [1.54, 1.807) is 6.07 Å². The summed E-state index contributed by atoms with van der Waals surface area (Å²) in [6, 6.07) is 3.64. The van der Waals surface area contributed by atoms with E-state index in [9.17, 15) is 4.39 Å². The van der Waals surface area contributed by atoms with E-state index in [-0.39, 0.29) is 5.82 Å². The minimum absolute atomic E-state index is 0.0949. The second-order valence-corrected chi connectivity index (χ2v) is 4.19. The average molecular weight is 329 g/mol. The fraction of sp³-hybridized carbons (Fsp3) is 0.250. The Kier molecular flexibility index (Phi) is 3.30. The highest BCUT2D eigenvalue weighted by Crippen LogP contribution is 2.23. The molecule has 0 aliphatic carbocycles. The van der Waals surface area contributed by atoms with Crippen LogP contribution in [-0.4, -0.2) is 0 Å². The maximum atomic E-state index is 13.2. The molecule has 3 heteroatoms. The van der Waals surface area contributed by atoms with Crippen molar-refractivity contribution in [2.45, 2.75) is 13.3 Å². The Morgan fingerprint density at radius 1 is 1.55 bits per heavy atom. The van der Waals surface area contributed by atoms with Gasteiger partial charge in [0, 0.05) is 13.6 Å². The van der Waals surface area contributed by atoms with Gasteiger partial charge in [0.2, 0.25) is 0 Å². The van der Waals surface area contributed by atoms with Gasteiger partial charge >= 0.3 is 0 Å². The summed E-state index contributed by atoms with van der Waals surface area (Å²) in [6.45, 7) is 1.94. The molecule has 0 aliphatic heterocycles. The molecule has 11 heavy (non-hydrogen) atoms. The summed E-state index contributed by atoms with van der Waals surface area (Å²) < 4.78 is 14.8. The summed E-state index contributed by atoms with van der Waals surface area (Å²) in [4.78, 5) is 0. The van der Waals surface area contributed by atoms with Crippen LogP contribution in [0.25, 0.3) is 0 Å². The molecule has 0 nitrogen and oxygen atoms in total. The molecule has 0 N–H and O–H groups in total. The highest BCUT2D eigenvalue weighted by atomic mass is 127. The van der Waals surface area contributed by atoms with Crippen LogP contribution in [0.3, 0.4) is 0 Å². The molecule has 0 saturated carbocycles. The van der Waals surface area contributed by atoms with Gasteiger partial charge in [0.05, 0.1) is 0 Å². The minimum atomic E-state index is -0.0949. The van der Waals surface area contributed by atoms with Crippen LogP contribution in [0.4, 0.5) is 4.39 Å². The third-order valence-corrected chi connectivity index (χ3v) is 3.07. The Bertz CT molecular complexity index is 273. The van der Waals surface area contributed by atoms with Crippen molar-refractivity contribution >= 4 is 38.5 Å². The fourth-order valence-corrected chi connectivity index (χ4v) is 1.99. The van der Waals surface area contributed by atoms with Gasteiger partial charge in [-0.25, -0.2) is 4.39 Å². The lowest BCUT2D eigenvalue weighted by molar-refractivity contribution is 0.603. The van der Waals surface area contributed by atoms with Gasteiger partial charge < -0.3 is 0 Å². The zero-order chi connectivity index (χ0) is 8.43. The standard InChI is InChI=1S/C8H7BrFI/c1-2-5-6(9)3-4-7(11)8(5)10/h3-4H,2H2,1H3. The highest BCUT2D eigenvalue weighted by Gasteiger charge is 2.07. The molecule has 0 fully saturated rings. The number of rotatable bonds is 1. The highest BCUT2D eigenvalue weighted by molar-refractivity contribution is 14.1. The quantitative estimate of drug-likeness (QED) is 0.544. The molecule has 1 aromatic rings. The molecule has 1 rings (SSSR count). The Labute approximate surface area is 87.5 Å². The summed E-state index contributed by atoms with van der Waals surface area (Å²) in [6.07, 6.45) is 0.725. The number of benzene rings is 1. The van der Waals surface area contributed by atoms with Crippen LogP contribution in [0.5, 0.6) is 0 Å². The third kappa shape index (κ3) is 1.93. The first-order chi connectivity index (χ1) is 5.16. The summed E-state index contributed by atoms with van der Waals surface area (Å²) in [5.41, 5.74) is 0.761. The molecule has 0 amide bonds. The van der Waals surface area contributed by atoms with Crippen LogP contribution < -0.4 is 0 Å². The predicted molar refractivity (Wildman–Crippen MR) is 56.2 cm³/mol. The minimum Gasteiger partial charge on any atom is -0.205 e. The van der Waals surface area contributed by atoms with Crippen LogP contribution in [-0.2, 0) is 6.42 Å². The zero-order valence-corrected chi connectivity index (χ0v) is 9.74. The van der Waals surface area contributed by atoms with Crippen LogP contribution in [0.15, 0.2) is 16.6 Å². The normalized spacial score (nSPS) is 10.2. The summed E-state index contributed by atoms with van der Waals surface area (Å²) in [7, 11) is 0. The number of hydrogen-bond donors (Lipinski definition) is 0. The molecule has 0 saturated heterocycles. The van der Waals surface area contributed by atoms with E-state index in [1.165, 1.54) is 0 Å². The Hall–Kier alpha value is 0.360. The summed E-state index contributed by atoms with van der Waals surface area (Å²) in [5.74, 6) is -0.0949. The molecule has 0 atom stereocenters. The van der Waals surface area contributed by atoms with Crippen LogP contribution in [0.1, 0.15) is 12.5 Å². The first-order valence-electron chi connectivity index (χ1n) is 3.29. The number of halogens is 3. The van der Waals surface area contributed by atoms with Gasteiger partial charge in [0.1, 0.15) is 5.82 Å². The van der Waals surface area contributed by atoms with Gasteiger partial charge in [0.25, 0.3) is 0 Å². The zero-order valence-electron chi connectivity index (χ0n) is 6.00. The van der Waals surface area contributed by atoms with Crippen molar-refractivity contribution in [2.24, 2.45) is 0 Å². The first kappa shape index (κ1) is 9.45. The smallest absolute Gasteiger partial charge is 0.140 e. The van der Waals surface area contributed by atoms with E-state index in [2.05, 4.69) is 15.9 Å². The Morgan fingerprint density at radius 3 is 2.64 bits per heavy atom. The molecular weight excluding hydrogens is 322 g/mol. The monoisotopic (exact) mass is 328 g/mol. The van der Waals surface area contributed by atoms with Crippen molar-refractivity contribution in [3.8, 4) is 0 Å². The maximum absolute atomic E-state index is 13.2. The lowest BCUT2D eigenvalue weighted by atomic mass is 10.2. The molecule has 0 aliphatic rings. The van der Waals surface area contributed by atoms with E-state index in [1.807, 2.05) is 35.6 Å². The van der Waals surface area contributed by atoms with Crippen LogP contribution in [0, 0.1) is 9.39 Å². The molecule has 0 heterocycles. The second kappa shape index (κ2) is 3.85. The lowest BCUT2D eigenvalue weighted by Crippen LogP contribution is -1.92.